The molecule has 10 nitrogen and oxygen atoms in total. The van der Waals surface area contributed by atoms with Crippen molar-refractivity contribution in [3.05, 3.63) is 65.1 Å². The Morgan fingerprint density at radius 3 is 2.58 bits per heavy atom. The molecule has 0 aliphatic heterocycles. The maximum absolute atomic E-state index is 12.7. The Balaban J connectivity index is 1.72. The number of aromatic nitrogens is 4. The van der Waals surface area contributed by atoms with Gasteiger partial charge >= 0.3 is 0 Å². The summed E-state index contributed by atoms with van der Waals surface area (Å²) in [5.74, 6) is 0.124. The fraction of sp³-hybridized carbons (Fsp3) is 0.364. The second-order valence-corrected chi connectivity index (χ2v) is 9.99. The molecule has 1 atom stereocenters. The van der Waals surface area contributed by atoms with Crippen molar-refractivity contribution in [1.29, 1.82) is 0 Å². The van der Waals surface area contributed by atoms with Crippen LogP contribution in [0.15, 0.2) is 54.0 Å². The lowest BCUT2D eigenvalue weighted by molar-refractivity contribution is -0.118. The van der Waals surface area contributed by atoms with Gasteiger partial charge < -0.3 is 10.5 Å². The Hall–Kier alpha value is -3.47. The van der Waals surface area contributed by atoms with Gasteiger partial charge in [-0.2, -0.15) is 5.10 Å². The van der Waals surface area contributed by atoms with Crippen molar-refractivity contribution in [2.24, 2.45) is 5.73 Å². The Morgan fingerprint density at radius 1 is 1.21 bits per heavy atom. The maximum Gasteiger partial charge on any atom is 0.252 e. The monoisotopic (exact) mass is 473 g/mol. The number of pyridine rings is 1. The first kappa shape index (κ1) is 24.2. The van der Waals surface area contributed by atoms with Gasteiger partial charge in [-0.25, -0.2) is 13.4 Å². The number of nitrogens with zero attached hydrogens (tertiary/aromatic N) is 4. The minimum Gasteiger partial charge on any atom is -0.493 e. The van der Waals surface area contributed by atoms with Gasteiger partial charge in [0.15, 0.2) is 9.84 Å². The van der Waals surface area contributed by atoms with Crippen molar-refractivity contribution in [3.8, 4) is 16.9 Å². The zero-order valence-corrected chi connectivity index (χ0v) is 19.4. The lowest BCUT2D eigenvalue weighted by Crippen LogP contribution is -2.29. The Kier molecular flexibility index (Phi) is 7.64. The number of hydrogen-bond acceptors (Lipinski definition) is 7. The Morgan fingerprint density at radius 2 is 1.97 bits per heavy atom. The summed E-state index contributed by atoms with van der Waals surface area (Å²) >= 11 is 0. The van der Waals surface area contributed by atoms with Crippen LogP contribution in [-0.2, 0) is 21.2 Å². The van der Waals surface area contributed by atoms with Crippen LogP contribution in [0.5, 0.6) is 5.75 Å². The van der Waals surface area contributed by atoms with E-state index >= 15 is 0 Å². The van der Waals surface area contributed by atoms with Crippen LogP contribution in [0.4, 0.5) is 0 Å². The van der Waals surface area contributed by atoms with Crippen LogP contribution in [0.1, 0.15) is 30.2 Å². The molecule has 0 aliphatic rings. The van der Waals surface area contributed by atoms with Gasteiger partial charge in [-0.05, 0) is 48.2 Å². The zero-order valence-electron chi connectivity index (χ0n) is 18.5. The van der Waals surface area contributed by atoms with E-state index in [0.29, 0.717) is 18.7 Å². The standard InChI is InChI=1S/C22H27N5O5S/c1-16-12-17(4-5-19(16)32-11-3-9-26-15-24-14-25-26)18-8-10-27(21(29)13-18)22(33(2,30)31)7-6-20(23)28/h4-5,8,10,12-15,22H,3,6-7,9,11H2,1-2H3,(H2,23,28). The lowest BCUT2D eigenvalue weighted by atomic mass is 10.0. The summed E-state index contributed by atoms with van der Waals surface area (Å²) in [6.45, 7) is 3.15. The fourth-order valence-corrected chi connectivity index (χ4v) is 4.61. The van der Waals surface area contributed by atoms with Gasteiger partial charge in [0, 0.05) is 37.9 Å². The van der Waals surface area contributed by atoms with Gasteiger partial charge in [0.05, 0.1) is 6.61 Å². The number of hydrogen-bond donors (Lipinski definition) is 1. The largest absolute Gasteiger partial charge is 0.493 e. The molecule has 0 bridgehead atoms. The van der Waals surface area contributed by atoms with E-state index in [4.69, 9.17) is 10.5 Å². The predicted octanol–water partition coefficient (Wildman–Crippen LogP) is 1.69. The molecule has 1 amide bonds. The molecule has 1 aromatic carbocycles. The summed E-state index contributed by atoms with van der Waals surface area (Å²) in [4.78, 5) is 27.7. The molecule has 2 N–H and O–H groups in total. The van der Waals surface area contributed by atoms with Gasteiger partial charge in [0.25, 0.3) is 5.56 Å². The molecule has 33 heavy (non-hydrogen) atoms. The summed E-state index contributed by atoms with van der Waals surface area (Å²) in [5, 5.41) is 2.90. The smallest absolute Gasteiger partial charge is 0.252 e. The molecule has 0 saturated heterocycles. The van der Waals surface area contributed by atoms with Crippen LogP contribution in [0.3, 0.4) is 0 Å². The lowest BCUT2D eigenvalue weighted by Gasteiger charge is -2.18. The van der Waals surface area contributed by atoms with Gasteiger partial charge in [0.2, 0.25) is 5.91 Å². The molecule has 2 aromatic heterocycles. The number of benzene rings is 1. The minimum atomic E-state index is -3.62. The molecule has 3 rings (SSSR count). The van der Waals surface area contributed by atoms with E-state index in [-0.39, 0.29) is 12.8 Å². The summed E-state index contributed by atoms with van der Waals surface area (Å²) < 4.78 is 33.1. The van der Waals surface area contributed by atoms with E-state index in [0.717, 1.165) is 34.1 Å². The molecule has 0 fully saturated rings. The topological polar surface area (TPSA) is 139 Å². The number of nitrogens with two attached hydrogens (primary N) is 1. The predicted molar refractivity (Wildman–Crippen MR) is 123 cm³/mol. The molecule has 3 aromatic rings. The Bertz CT molecular complexity index is 1270. The highest BCUT2D eigenvalue weighted by molar-refractivity contribution is 7.90. The van der Waals surface area contributed by atoms with Gasteiger partial charge in [-0.1, -0.05) is 6.07 Å². The molecule has 2 heterocycles. The van der Waals surface area contributed by atoms with E-state index in [1.54, 1.807) is 17.1 Å². The first-order chi connectivity index (χ1) is 15.6. The van der Waals surface area contributed by atoms with Crippen LogP contribution in [0, 0.1) is 6.92 Å². The number of amides is 1. The summed E-state index contributed by atoms with van der Waals surface area (Å²) in [5.41, 5.74) is 7.04. The minimum absolute atomic E-state index is 0.0600. The molecule has 0 radical (unpaired) electrons. The summed E-state index contributed by atoms with van der Waals surface area (Å²) in [6.07, 6.45) is 6.20. The number of primary amides is 1. The number of carbonyl (C=O) groups is 1. The average molecular weight is 474 g/mol. The van der Waals surface area contributed by atoms with E-state index in [1.807, 2.05) is 25.1 Å². The van der Waals surface area contributed by atoms with Crippen LogP contribution < -0.4 is 16.0 Å². The molecular formula is C22H27N5O5S. The van der Waals surface area contributed by atoms with Crippen molar-refractivity contribution in [3.63, 3.8) is 0 Å². The van der Waals surface area contributed by atoms with Gasteiger partial charge in [-0.15, -0.1) is 0 Å². The number of aryl methyl sites for hydroxylation is 2. The summed E-state index contributed by atoms with van der Waals surface area (Å²) in [7, 11) is -3.62. The van der Waals surface area contributed by atoms with Crippen molar-refractivity contribution >= 4 is 15.7 Å². The van der Waals surface area contributed by atoms with Crippen molar-refractivity contribution in [1.82, 2.24) is 19.3 Å². The van der Waals surface area contributed by atoms with Gasteiger partial charge in [-0.3, -0.25) is 18.8 Å². The van der Waals surface area contributed by atoms with Crippen LogP contribution in [-0.4, -0.2) is 46.5 Å². The summed E-state index contributed by atoms with van der Waals surface area (Å²) in [6, 6.07) is 8.66. The highest BCUT2D eigenvalue weighted by atomic mass is 32.2. The van der Waals surface area contributed by atoms with Crippen molar-refractivity contribution < 1.29 is 17.9 Å². The van der Waals surface area contributed by atoms with E-state index in [1.165, 1.54) is 18.6 Å². The molecule has 11 heteroatoms. The average Bonchev–Trinajstić information content (AvgIpc) is 3.25. The maximum atomic E-state index is 12.7. The first-order valence-electron chi connectivity index (χ1n) is 10.4. The van der Waals surface area contributed by atoms with Crippen molar-refractivity contribution in [2.45, 2.75) is 38.1 Å². The molecule has 0 spiro atoms. The van der Waals surface area contributed by atoms with Crippen molar-refractivity contribution in [2.75, 3.05) is 12.9 Å². The second kappa shape index (κ2) is 10.4. The normalized spacial score (nSPS) is 12.4. The van der Waals surface area contributed by atoms with Gasteiger partial charge in [0.1, 0.15) is 23.8 Å². The number of rotatable bonds is 11. The third kappa shape index (κ3) is 6.51. The van der Waals surface area contributed by atoms with Crippen LogP contribution in [0.25, 0.3) is 11.1 Å². The first-order valence-corrected chi connectivity index (χ1v) is 12.4. The quantitative estimate of drug-likeness (QED) is 0.418. The number of sulfone groups is 1. The molecule has 1 unspecified atom stereocenters. The molecular weight excluding hydrogens is 446 g/mol. The third-order valence-corrected chi connectivity index (χ3v) is 6.61. The zero-order chi connectivity index (χ0) is 24.0. The third-order valence-electron chi connectivity index (χ3n) is 5.15. The highest BCUT2D eigenvalue weighted by Gasteiger charge is 2.24. The number of carbonyl (C=O) groups excluding carboxylic acids is 1. The van der Waals surface area contributed by atoms with E-state index < -0.39 is 26.7 Å². The fourth-order valence-electron chi connectivity index (χ4n) is 3.48. The molecule has 0 saturated carbocycles. The Labute approximate surface area is 191 Å². The van der Waals surface area contributed by atoms with Crippen LogP contribution >= 0.6 is 0 Å². The highest BCUT2D eigenvalue weighted by Crippen LogP contribution is 2.26. The second-order valence-electron chi connectivity index (χ2n) is 7.79. The van der Waals surface area contributed by atoms with E-state index in [2.05, 4.69) is 10.1 Å². The molecule has 176 valence electrons. The SMILES string of the molecule is Cc1cc(-c2ccn(C(CCC(N)=O)S(C)(=O)=O)c(=O)c2)ccc1OCCCn1cncn1. The molecule has 0 aliphatic carbocycles. The van der Waals surface area contributed by atoms with Crippen LogP contribution in [0.2, 0.25) is 0 Å². The van der Waals surface area contributed by atoms with E-state index in [9.17, 15) is 18.0 Å². The number of ether oxygens (including phenoxy) is 1.